The first-order valence-corrected chi connectivity index (χ1v) is 6.70. The molecule has 3 N–H and O–H groups in total. The van der Waals surface area contributed by atoms with Crippen LogP contribution in [0.2, 0.25) is 0 Å². The minimum Gasteiger partial charge on any atom is -0.435 e. The van der Waals surface area contributed by atoms with Gasteiger partial charge in [0.25, 0.3) is 0 Å². The molecule has 1 heterocycles. The highest BCUT2D eigenvalue weighted by molar-refractivity contribution is 5.95. The third-order valence-electron chi connectivity index (χ3n) is 3.64. The SMILES string of the molecule is NCC1(C(=O)Nc2cccc(OC(F)F)c2)CCOCC1. The Morgan fingerprint density at radius 1 is 1.43 bits per heavy atom. The van der Waals surface area contributed by atoms with Crippen LogP contribution in [0.25, 0.3) is 0 Å². The van der Waals surface area contributed by atoms with Crippen molar-refractivity contribution in [3.63, 3.8) is 0 Å². The summed E-state index contributed by atoms with van der Waals surface area (Å²) in [5.41, 5.74) is 5.48. The number of ether oxygens (including phenoxy) is 2. The van der Waals surface area contributed by atoms with Crippen LogP contribution in [0, 0.1) is 5.41 Å². The van der Waals surface area contributed by atoms with Gasteiger partial charge < -0.3 is 20.5 Å². The number of hydrogen-bond donors (Lipinski definition) is 2. The van der Waals surface area contributed by atoms with Crippen molar-refractivity contribution in [2.75, 3.05) is 25.1 Å². The van der Waals surface area contributed by atoms with Crippen LogP contribution in [0.15, 0.2) is 24.3 Å². The van der Waals surface area contributed by atoms with E-state index in [1.165, 1.54) is 18.2 Å². The molecule has 1 aliphatic rings. The summed E-state index contributed by atoms with van der Waals surface area (Å²) in [5.74, 6) is -0.223. The molecule has 0 bridgehead atoms. The number of amides is 1. The number of alkyl halides is 2. The van der Waals surface area contributed by atoms with Crippen LogP contribution >= 0.6 is 0 Å². The van der Waals surface area contributed by atoms with Gasteiger partial charge in [-0.3, -0.25) is 4.79 Å². The van der Waals surface area contributed by atoms with E-state index in [1.54, 1.807) is 6.07 Å². The van der Waals surface area contributed by atoms with Gasteiger partial charge in [0.1, 0.15) is 5.75 Å². The third kappa shape index (κ3) is 3.89. The predicted octanol–water partition coefficient (Wildman–Crippen LogP) is 1.98. The molecule has 116 valence electrons. The standard InChI is InChI=1S/C14H18F2N2O3/c15-13(16)21-11-3-1-2-10(8-11)18-12(19)14(9-17)4-6-20-7-5-14/h1-3,8,13H,4-7,9,17H2,(H,18,19). The average molecular weight is 300 g/mol. The quantitative estimate of drug-likeness (QED) is 0.872. The highest BCUT2D eigenvalue weighted by Gasteiger charge is 2.38. The molecule has 0 saturated carbocycles. The van der Waals surface area contributed by atoms with Crippen LogP contribution in [0.4, 0.5) is 14.5 Å². The lowest BCUT2D eigenvalue weighted by Crippen LogP contribution is -2.46. The van der Waals surface area contributed by atoms with Gasteiger partial charge >= 0.3 is 6.61 Å². The van der Waals surface area contributed by atoms with Crippen LogP contribution in [0.5, 0.6) is 5.75 Å². The lowest BCUT2D eigenvalue weighted by atomic mass is 9.79. The van der Waals surface area contributed by atoms with Crippen molar-refractivity contribution in [1.82, 2.24) is 0 Å². The topological polar surface area (TPSA) is 73.6 Å². The number of carbonyl (C=O) groups is 1. The van der Waals surface area contributed by atoms with Crippen molar-refractivity contribution in [2.24, 2.45) is 11.1 Å². The molecule has 21 heavy (non-hydrogen) atoms. The van der Waals surface area contributed by atoms with Gasteiger partial charge in [0.2, 0.25) is 5.91 Å². The van der Waals surface area contributed by atoms with Crippen molar-refractivity contribution in [3.05, 3.63) is 24.3 Å². The zero-order chi connectivity index (χ0) is 15.3. The molecule has 1 amide bonds. The number of nitrogens with two attached hydrogens (primary N) is 1. The summed E-state index contributed by atoms with van der Waals surface area (Å²) >= 11 is 0. The number of rotatable bonds is 5. The Bertz CT molecular complexity index is 491. The molecule has 1 aromatic rings. The molecule has 0 unspecified atom stereocenters. The number of halogens is 2. The molecule has 5 nitrogen and oxygen atoms in total. The number of carbonyl (C=O) groups excluding carboxylic acids is 1. The summed E-state index contributed by atoms with van der Waals surface area (Å²) in [6, 6.07) is 5.90. The number of anilines is 1. The van der Waals surface area contributed by atoms with Gasteiger partial charge in [0.05, 0.1) is 5.41 Å². The molecular formula is C14H18F2N2O3. The molecule has 1 aromatic carbocycles. The fourth-order valence-electron chi connectivity index (χ4n) is 2.30. The lowest BCUT2D eigenvalue weighted by molar-refractivity contribution is -0.130. The number of nitrogens with one attached hydrogen (secondary N) is 1. The fourth-order valence-corrected chi connectivity index (χ4v) is 2.30. The van der Waals surface area contributed by atoms with Gasteiger partial charge in [0.15, 0.2) is 0 Å². The Kier molecular flexibility index (Phi) is 5.08. The number of benzene rings is 1. The Hall–Kier alpha value is -1.73. The Morgan fingerprint density at radius 2 is 2.14 bits per heavy atom. The minimum atomic E-state index is -2.90. The maximum absolute atomic E-state index is 12.4. The maximum Gasteiger partial charge on any atom is 0.387 e. The largest absolute Gasteiger partial charge is 0.435 e. The van der Waals surface area contributed by atoms with Gasteiger partial charge in [-0.25, -0.2) is 0 Å². The summed E-state index contributed by atoms with van der Waals surface area (Å²) in [6.07, 6.45) is 1.09. The third-order valence-corrected chi connectivity index (χ3v) is 3.64. The van der Waals surface area contributed by atoms with Crippen molar-refractivity contribution >= 4 is 11.6 Å². The summed E-state index contributed by atoms with van der Waals surface area (Å²) in [5, 5.41) is 2.72. The van der Waals surface area contributed by atoms with Crippen molar-refractivity contribution in [1.29, 1.82) is 0 Å². The van der Waals surface area contributed by atoms with Gasteiger partial charge in [-0.1, -0.05) is 6.07 Å². The van der Waals surface area contributed by atoms with Gasteiger partial charge in [-0.15, -0.1) is 0 Å². The summed E-state index contributed by atoms with van der Waals surface area (Å²) < 4.78 is 33.9. The molecule has 0 radical (unpaired) electrons. The van der Waals surface area contributed by atoms with E-state index in [1.807, 2.05) is 0 Å². The summed E-state index contributed by atoms with van der Waals surface area (Å²) in [7, 11) is 0. The van der Waals surface area contributed by atoms with Crippen LogP contribution in [0.3, 0.4) is 0 Å². The molecule has 1 fully saturated rings. The fraction of sp³-hybridized carbons (Fsp3) is 0.500. The van der Waals surface area contributed by atoms with Crippen molar-refractivity contribution in [3.8, 4) is 5.75 Å². The zero-order valence-corrected chi connectivity index (χ0v) is 11.5. The van der Waals surface area contributed by atoms with E-state index in [0.29, 0.717) is 31.7 Å². The van der Waals surface area contributed by atoms with E-state index in [2.05, 4.69) is 10.1 Å². The Morgan fingerprint density at radius 3 is 2.76 bits per heavy atom. The molecule has 2 rings (SSSR count). The molecular weight excluding hydrogens is 282 g/mol. The Balaban J connectivity index is 2.07. The Labute approximate surface area is 121 Å². The second-order valence-electron chi connectivity index (χ2n) is 4.96. The smallest absolute Gasteiger partial charge is 0.387 e. The monoisotopic (exact) mass is 300 g/mol. The first-order valence-electron chi connectivity index (χ1n) is 6.70. The first kappa shape index (κ1) is 15.7. The average Bonchev–Trinajstić information content (AvgIpc) is 2.47. The minimum absolute atomic E-state index is 0.00317. The summed E-state index contributed by atoms with van der Waals surface area (Å²) in [6.45, 7) is -1.71. The van der Waals surface area contributed by atoms with Crippen molar-refractivity contribution in [2.45, 2.75) is 19.5 Å². The molecule has 0 spiro atoms. The van der Waals surface area contributed by atoms with Crippen molar-refractivity contribution < 1.29 is 23.0 Å². The van der Waals surface area contributed by atoms with Gasteiger partial charge in [-0.05, 0) is 25.0 Å². The molecule has 0 aromatic heterocycles. The molecule has 0 atom stereocenters. The van der Waals surface area contributed by atoms with E-state index in [4.69, 9.17) is 10.5 Å². The maximum atomic E-state index is 12.4. The van der Waals surface area contributed by atoms with Crippen LogP contribution in [-0.2, 0) is 9.53 Å². The first-order chi connectivity index (χ1) is 10.1. The molecule has 1 aliphatic heterocycles. The zero-order valence-electron chi connectivity index (χ0n) is 11.5. The number of hydrogen-bond acceptors (Lipinski definition) is 4. The lowest BCUT2D eigenvalue weighted by Gasteiger charge is -2.34. The van der Waals surface area contributed by atoms with Crippen LogP contribution in [-0.4, -0.2) is 32.3 Å². The van der Waals surface area contributed by atoms with E-state index in [-0.39, 0.29) is 18.2 Å². The van der Waals surface area contributed by atoms with Gasteiger partial charge in [0, 0.05) is 31.5 Å². The van der Waals surface area contributed by atoms with E-state index in [0.717, 1.165) is 0 Å². The van der Waals surface area contributed by atoms with E-state index in [9.17, 15) is 13.6 Å². The molecule has 1 saturated heterocycles. The van der Waals surface area contributed by atoms with Crippen LogP contribution < -0.4 is 15.8 Å². The molecule has 0 aliphatic carbocycles. The highest BCUT2D eigenvalue weighted by Crippen LogP contribution is 2.31. The normalized spacial score (nSPS) is 17.5. The van der Waals surface area contributed by atoms with Gasteiger partial charge in [-0.2, -0.15) is 8.78 Å². The van der Waals surface area contributed by atoms with E-state index < -0.39 is 12.0 Å². The van der Waals surface area contributed by atoms with E-state index >= 15 is 0 Å². The second kappa shape index (κ2) is 6.82. The summed E-state index contributed by atoms with van der Waals surface area (Å²) in [4.78, 5) is 12.4. The second-order valence-corrected chi connectivity index (χ2v) is 4.96. The molecule has 7 heteroatoms. The predicted molar refractivity (Wildman–Crippen MR) is 73.2 cm³/mol. The highest BCUT2D eigenvalue weighted by atomic mass is 19.3. The van der Waals surface area contributed by atoms with Crippen LogP contribution in [0.1, 0.15) is 12.8 Å².